The molecule has 1 fully saturated rings. The van der Waals surface area contributed by atoms with Crippen molar-refractivity contribution in [3.8, 4) is 0 Å². The number of nitrogens with zero attached hydrogens (tertiary/aromatic N) is 3. The molecule has 1 saturated heterocycles. The highest BCUT2D eigenvalue weighted by atomic mass is 16.5. The van der Waals surface area contributed by atoms with Crippen LogP contribution in [0.1, 0.15) is 72.6 Å². The summed E-state index contributed by atoms with van der Waals surface area (Å²) in [5, 5.41) is 15.0. The van der Waals surface area contributed by atoms with E-state index in [1.807, 2.05) is 0 Å². The van der Waals surface area contributed by atoms with Gasteiger partial charge in [0.1, 0.15) is 0 Å². The van der Waals surface area contributed by atoms with Gasteiger partial charge in [-0.1, -0.05) is 27.7 Å². The molecule has 149 valence electrons. The molecule has 1 aliphatic rings. The highest BCUT2D eigenvalue weighted by Crippen LogP contribution is 2.47. The minimum atomic E-state index is -0.176. The molecule has 4 nitrogen and oxygen atoms in total. The van der Waals surface area contributed by atoms with Crippen molar-refractivity contribution in [2.45, 2.75) is 89.8 Å². The minimum Gasteiger partial charge on any atom is -0.331 e. The van der Waals surface area contributed by atoms with Crippen molar-refractivity contribution in [2.75, 3.05) is 48.3 Å². The highest BCUT2D eigenvalue weighted by molar-refractivity contribution is 5.03. The minimum absolute atomic E-state index is 0.176. The molecule has 0 aromatic rings. The van der Waals surface area contributed by atoms with Crippen LogP contribution in [0.5, 0.6) is 0 Å². The third kappa shape index (κ3) is 4.97. The topological polar surface area (TPSA) is 23.1 Å². The summed E-state index contributed by atoms with van der Waals surface area (Å²) in [5.74, 6) is 0. The number of hydrogen-bond acceptors (Lipinski definition) is 1. The van der Waals surface area contributed by atoms with Crippen LogP contribution in [0.2, 0.25) is 0 Å². The molecule has 0 unspecified atom stereocenters. The maximum Gasteiger partial charge on any atom is 0.0923 e. The summed E-state index contributed by atoms with van der Waals surface area (Å²) in [5.41, 5.74) is -0.352. The van der Waals surface area contributed by atoms with Gasteiger partial charge >= 0.3 is 0 Å². The first-order chi connectivity index (χ1) is 11.4. The van der Waals surface area contributed by atoms with E-state index < -0.39 is 0 Å². The van der Waals surface area contributed by atoms with Gasteiger partial charge in [0.2, 0.25) is 0 Å². The Hall–Kier alpha value is -0.160. The number of hydroxylamine groups is 2. The zero-order chi connectivity index (χ0) is 19.5. The van der Waals surface area contributed by atoms with Gasteiger partial charge in [-0.3, -0.25) is 0 Å². The second-order valence-corrected chi connectivity index (χ2v) is 10.1. The van der Waals surface area contributed by atoms with E-state index in [-0.39, 0.29) is 11.1 Å². The predicted molar refractivity (Wildman–Crippen MR) is 107 cm³/mol. The summed E-state index contributed by atoms with van der Waals surface area (Å²) < 4.78 is 2.08. The van der Waals surface area contributed by atoms with Crippen molar-refractivity contribution in [3.63, 3.8) is 0 Å². The lowest BCUT2D eigenvalue weighted by molar-refractivity contribution is -0.925. The van der Waals surface area contributed by atoms with E-state index in [2.05, 4.69) is 62.9 Å². The lowest BCUT2D eigenvalue weighted by atomic mass is 9.70. The molecule has 1 rings (SSSR count). The van der Waals surface area contributed by atoms with Gasteiger partial charge in [0.05, 0.1) is 65.4 Å². The smallest absolute Gasteiger partial charge is 0.0923 e. The molecule has 1 aliphatic heterocycles. The summed E-state index contributed by atoms with van der Waals surface area (Å²) in [7, 11) is 11.6. The average molecular weight is 357 g/mol. The average Bonchev–Trinajstić information content (AvgIpc) is 2.54. The van der Waals surface area contributed by atoms with Gasteiger partial charge in [0.25, 0.3) is 0 Å². The van der Waals surface area contributed by atoms with Gasteiger partial charge in [0.15, 0.2) is 0 Å². The maximum atomic E-state index is 13.4. The second-order valence-electron chi connectivity index (χ2n) is 10.1. The molecule has 0 bridgehead atoms. The molecule has 0 atom stereocenters. The van der Waals surface area contributed by atoms with Gasteiger partial charge in [-0.2, -0.15) is 0 Å². The Balaban J connectivity index is 3.05. The predicted octanol–water partition coefficient (Wildman–Crippen LogP) is 4.09. The van der Waals surface area contributed by atoms with E-state index in [9.17, 15) is 5.21 Å². The van der Waals surface area contributed by atoms with E-state index in [0.29, 0.717) is 6.04 Å². The Kier molecular flexibility index (Phi) is 7.55. The molecule has 0 saturated carbocycles. The summed E-state index contributed by atoms with van der Waals surface area (Å²) >= 11 is 0. The van der Waals surface area contributed by atoms with Crippen LogP contribution >= 0.6 is 0 Å². The first-order valence-electron chi connectivity index (χ1n) is 10.5. The molecule has 0 aliphatic carbocycles. The Morgan fingerprint density at radius 3 is 1.52 bits per heavy atom. The van der Waals surface area contributed by atoms with Crippen LogP contribution in [0.3, 0.4) is 0 Å². The quantitative estimate of drug-likeness (QED) is 0.571. The largest absolute Gasteiger partial charge is 0.331 e. The van der Waals surface area contributed by atoms with Crippen molar-refractivity contribution < 1.29 is 14.2 Å². The van der Waals surface area contributed by atoms with Crippen molar-refractivity contribution in [1.82, 2.24) is 5.06 Å². The first-order valence-corrected chi connectivity index (χ1v) is 10.5. The van der Waals surface area contributed by atoms with Crippen LogP contribution in [0, 0.1) is 0 Å². The summed E-state index contributed by atoms with van der Waals surface area (Å²) in [6.07, 6.45) is 7.18. The van der Waals surface area contributed by atoms with E-state index in [0.717, 1.165) is 47.5 Å². The fraction of sp³-hybridized carbons (Fsp3) is 1.00. The molecule has 0 aromatic heterocycles. The molecule has 0 N–H and O–H groups in total. The van der Waals surface area contributed by atoms with Gasteiger partial charge in [-0.25, -0.2) is 0 Å². The molecular formula is C21H46N3O+2. The first kappa shape index (κ1) is 22.9. The fourth-order valence-electron chi connectivity index (χ4n) is 4.90. The Bertz CT molecular complexity index is 384. The summed E-state index contributed by atoms with van der Waals surface area (Å²) in [6.45, 7) is 11.3. The molecule has 0 spiro atoms. The van der Waals surface area contributed by atoms with Gasteiger partial charge in [-0.15, -0.1) is 10.3 Å². The highest BCUT2D eigenvalue weighted by Gasteiger charge is 2.55. The number of piperidine rings is 1. The third-order valence-corrected chi connectivity index (χ3v) is 7.28. The van der Waals surface area contributed by atoms with Crippen LogP contribution in [0.25, 0.3) is 0 Å². The molecule has 0 aromatic carbocycles. The number of quaternary nitrogens is 2. The van der Waals surface area contributed by atoms with Crippen molar-refractivity contribution >= 4 is 0 Å². The lowest BCUT2D eigenvalue weighted by Gasteiger charge is -2.57. The monoisotopic (exact) mass is 356 g/mol. The molecule has 1 heterocycles. The van der Waals surface area contributed by atoms with Crippen LogP contribution in [0.15, 0.2) is 0 Å². The standard InChI is InChI=1S/C21H46N3O/c1-10-20(11-2)17-19(18-21(12-3,13-4)22(20)25)24(8,9)16-14-15-23(5,6)7/h19H,10-18H2,1-9H3/q+2. The van der Waals surface area contributed by atoms with Crippen molar-refractivity contribution in [3.05, 3.63) is 0 Å². The Morgan fingerprint density at radius 2 is 1.20 bits per heavy atom. The van der Waals surface area contributed by atoms with E-state index in [1.54, 1.807) is 5.06 Å². The molecular weight excluding hydrogens is 310 g/mol. The third-order valence-electron chi connectivity index (χ3n) is 7.28. The molecule has 1 radical (unpaired) electrons. The number of hydrogen-bond donors (Lipinski definition) is 0. The van der Waals surface area contributed by atoms with E-state index in [1.165, 1.54) is 19.5 Å². The molecule has 25 heavy (non-hydrogen) atoms. The zero-order valence-corrected chi connectivity index (χ0v) is 18.7. The fourth-order valence-corrected chi connectivity index (χ4v) is 4.90. The Morgan fingerprint density at radius 1 is 0.800 bits per heavy atom. The van der Waals surface area contributed by atoms with Crippen LogP contribution in [0.4, 0.5) is 0 Å². The Labute approximate surface area is 157 Å². The molecule has 4 heteroatoms. The number of rotatable bonds is 9. The SMILES string of the molecule is CCC1(CC)CC([N+](C)(C)CCC[N+](C)(C)C)CC(CC)(CC)N1[O]. The summed E-state index contributed by atoms with van der Waals surface area (Å²) in [6, 6.07) is 0.581. The van der Waals surface area contributed by atoms with Gasteiger partial charge < -0.3 is 8.97 Å². The lowest BCUT2D eigenvalue weighted by Crippen LogP contribution is -2.68. The normalized spacial score (nSPS) is 22.3. The van der Waals surface area contributed by atoms with Crippen LogP contribution in [-0.4, -0.2) is 79.5 Å². The summed E-state index contributed by atoms with van der Waals surface area (Å²) in [4.78, 5) is 0. The van der Waals surface area contributed by atoms with Crippen LogP contribution in [-0.2, 0) is 5.21 Å². The maximum absolute atomic E-state index is 13.4. The molecule has 0 amide bonds. The van der Waals surface area contributed by atoms with Crippen molar-refractivity contribution in [2.24, 2.45) is 0 Å². The van der Waals surface area contributed by atoms with Gasteiger partial charge in [0, 0.05) is 19.3 Å². The van der Waals surface area contributed by atoms with Gasteiger partial charge in [-0.05, 0) is 25.7 Å². The van der Waals surface area contributed by atoms with Crippen molar-refractivity contribution in [1.29, 1.82) is 0 Å². The van der Waals surface area contributed by atoms with E-state index in [4.69, 9.17) is 0 Å². The van der Waals surface area contributed by atoms with Crippen LogP contribution < -0.4 is 0 Å². The van der Waals surface area contributed by atoms with E-state index >= 15 is 0 Å². The second kappa shape index (κ2) is 8.24. The zero-order valence-electron chi connectivity index (χ0n) is 18.7.